The van der Waals surface area contributed by atoms with E-state index in [0.29, 0.717) is 29.7 Å². The second-order valence-corrected chi connectivity index (χ2v) is 11.0. The van der Waals surface area contributed by atoms with Crippen molar-refractivity contribution in [1.29, 1.82) is 0 Å². The molecule has 0 spiro atoms. The van der Waals surface area contributed by atoms with E-state index in [9.17, 15) is 5.11 Å². The Balaban J connectivity index is 1.95. The molecule has 3 aromatic rings. The summed E-state index contributed by atoms with van der Waals surface area (Å²) in [6.07, 6.45) is 8.86. The van der Waals surface area contributed by atoms with Crippen LogP contribution in [0.1, 0.15) is 98.1 Å². The lowest BCUT2D eigenvalue weighted by atomic mass is 9.78. The lowest BCUT2D eigenvalue weighted by molar-refractivity contribution is 0.296. The molecule has 2 N–H and O–H groups in total. The predicted molar refractivity (Wildman–Crippen MR) is 135 cm³/mol. The molecule has 0 saturated heterocycles. The Morgan fingerprint density at radius 2 is 1.48 bits per heavy atom. The number of ether oxygens (including phenoxy) is 1. The van der Waals surface area contributed by atoms with Crippen molar-refractivity contribution in [3.63, 3.8) is 0 Å². The van der Waals surface area contributed by atoms with Crippen molar-refractivity contribution >= 4 is 11.2 Å². The molecule has 180 valence electrons. The van der Waals surface area contributed by atoms with E-state index in [4.69, 9.17) is 14.7 Å². The molecule has 6 heteroatoms. The van der Waals surface area contributed by atoms with Crippen LogP contribution in [0.15, 0.2) is 18.5 Å². The van der Waals surface area contributed by atoms with Gasteiger partial charge in [0.1, 0.15) is 11.3 Å². The number of unbranched alkanes of at least 4 members (excludes halogenated alkanes) is 5. The number of phenolic OH excluding ortho intramolecular Hbond substituents is 1. The Morgan fingerprint density at radius 3 is 2.09 bits per heavy atom. The minimum atomic E-state index is -0.229. The number of benzene rings is 1. The maximum Gasteiger partial charge on any atom is 0.243 e. The van der Waals surface area contributed by atoms with Gasteiger partial charge in [0, 0.05) is 16.7 Å². The first-order valence-corrected chi connectivity index (χ1v) is 12.2. The highest BCUT2D eigenvalue weighted by molar-refractivity contribution is 5.78. The molecule has 0 atom stereocenters. The third kappa shape index (κ3) is 6.04. The minimum Gasteiger partial charge on any atom is -0.507 e. The zero-order valence-corrected chi connectivity index (χ0v) is 21.4. The largest absolute Gasteiger partial charge is 0.507 e. The Kier molecular flexibility index (Phi) is 7.65. The molecule has 1 aromatic carbocycles. The number of aromatic amines is 1. The summed E-state index contributed by atoms with van der Waals surface area (Å²) in [7, 11) is 0. The zero-order valence-electron chi connectivity index (χ0n) is 21.4. The van der Waals surface area contributed by atoms with Crippen molar-refractivity contribution in [2.24, 2.45) is 0 Å². The van der Waals surface area contributed by atoms with Crippen molar-refractivity contribution in [3.05, 3.63) is 29.6 Å². The zero-order chi connectivity index (χ0) is 24.2. The summed E-state index contributed by atoms with van der Waals surface area (Å²) in [6, 6.07) is 3.99. The van der Waals surface area contributed by atoms with E-state index in [1.807, 2.05) is 12.1 Å². The van der Waals surface area contributed by atoms with Gasteiger partial charge in [-0.15, -0.1) is 0 Å². The van der Waals surface area contributed by atoms with Gasteiger partial charge in [-0.05, 0) is 29.4 Å². The standard InChI is InChI=1S/C27H40N4O2/c1-8-9-10-11-12-13-14-33-25-21-24(29-17-28-21)30-23(31-25)18-15-19(26(2,3)4)22(32)20(16-18)27(5,6)7/h15-17,32H,8-14H2,1-7H3,(H,28,29,30,31). The molecule has 0 bridgehead atoms. The highest BCUT2D eigenvalue weighted by Gasteiger charge is 2.27. The molecule has 33 heavy (non-hydrogen) atoms. The summed E-state index contributed by atoms with van der Waals surface area (Å²) < 4.78 is 6.09. The van der Waals surface area contributed by atoms with Crippen LogP contribution in [0.25, 0.3) is 22.6 Å². The number of nitrogens with one attached hydrogen (secondary N) is 1. The van der Waals surface area contributed by atoms with Crippen molar-refractivity contribution < 1.29 is 9.84 Å². The maximum atomic E-state index is 11.1. The van der Waals surface area contributed by atoms with Crippen molar-refractivity contribution in [2.75, 3.05) is 6.61 Å². The van der Waals surface area contributed by atoms with Crippen molar-refractivity contribution in [3.8, 4) is 23.0 Å². The number of phenols is 1. The van der Waals surface area contributed by atoms with Gasteiger partial charge in [-0.1, -0.05) is 80.6 Å². The molecule has 0 aliphatic carbocycles. The van der Waals surface area contributed by atoms with E-state index in [-0.39, 0.29) is 10.8 Å². The Bertz CT molecular complexity index is 1040. The summed E-state index contributed by atoms with van der Waals surface area (Å²) in [6.45, 7) is 15.5. The van der Waals surface area contributed by atoms with Crippen LogP contribution in [-0.4, -0.2) is 31.6 Å². The van der Waals surface area contributed by atoms with E-state index in [0.717, 1.165) is 35.0 Å². The normalized spacial score (nSPS) is 12.5. The molecular weight excluding hydrogens is 412 g/mol. The number of nitrogens with zero attached hydrogens (tertiary/aromatic N) is 3. The van der Waals surface area contributed by atoms with E-state index in [1.54, 1.807) is 6.33 Å². The van der Waals surface area contributed by atoms with E-state index in [1.165, 1.54) is 25.7 Å². The SMILES string of the molecule is CCCCCCCCOc1nc(-c2cc(C(C)(C)C)c(O)c(C(C)(C)C)c2)nc2nc[nH]c12. The first-order chi connectivity index (χ1) is 15.5. The fourth-order valence-electron chi connectivity index (χ4n) is 4.00. The summed E-state index contributed by atoms with van der Waals surface area (Å²) >= 11 is 0. The first-order valence-electron chi connectivity index (χ1n) is 12.2. The van der Waals surface area contributed by atoms with Gasteiger partial charge in [-0.25, -0.2) is 9.97 Å². The number of imidazole rings is 1. The number of hydrogen-bond donors (Lipinski definition) is 2. The molecule has 0 saturated carbocycles. The van der Waals surface area contributed by atoms with Gasteiger partial charge in [-0.2, -0.15) is 4.98 Å². The van der Waals surface area contributed by atoms with Gasteiger partial charge in [0.05, 0.1) is 12.9 Å². The number of hydrogen-bond acceptors (Lipinski definition) is 5. The average Bonchev–Trinajstić information content (AvgIpc) is 3.20. The molecule has 2 heterocycles. The highest BCUT2D eigenvalue weighted by atomic mass is 16.5. The molecule has 0 fully saturated rings. The average molecular weight is 453 g/mol. The van der Waals surface area contributed by atoms with E-state index < -0.39 is 0 Å². The first kappa shape index (κ1) is 25.0. The molecule has 2 aromatic heterocycles. The topological polar surface area (TPSA) is 83.9 Å². The van der Waals surface area contributed by atoms with Crippen molar-refractivity contribution in [1.82, 2.24) is 19.9 Å². The van der Waals surface area contributed by atoms with Crippen LogP contribution in [0.5, 0.6) is 11.6 Å². The summed E-state index contributed by atoms with van der Waals surface area (Å²) in [4.78, 5) is 17.0. The van der Waals surface area contributed by atoms with Crippen LogP contribution in [0, 0.1) is 0 Å². The van der Waals surface area contributed by atoms with Crippen LogP contribution in [0.4, 0.5) is 0 Å². The van der Waals surface area contributed by atoms with Crippen molar-refractivity contribution in [2.45, 2.75) is 97.8 Å². The lowest BCUT2D eigenvalue weighted by Gasteiger charge is -2.28. The summed E-state index contributed by atoms with van der Waals surface area (Å²) in [5, 5.41) is 11.1. The minimum absolute atomic E-state index is 0.229. The van der Waals surface area contributed by atoms with Crippen LogP contribution in [0.3, 0.4) is 0 Å². The number of rotatable bonds is 9. The molecule has 0 aliphatic heterocycles. The Labute approximate surface area is 198 Å². The molecule has 0 unspecified atom stereocenters. The third-order valence-corrected chi connectivity index (χ3v) is 5.97. The fourth-order valence-corrected chi connectivity index (χ4v) is 4.00. The van der Waals surface area contributed by atoms with Gasteiger partial charge in [0.2, 0.25) is 5.88 Å². The molecule has 0 radical (unpaired) electrons. The quantitative estimate of drug-likeness (QED) is 0.340. The summed E-state index contributed by atoms with van der Waals surface area (Å²) in [5.41, 5.74) is 3.46. The van der Waals surface area contributed by atoms with Crippen LogP contribution >= 0.6 is 0 Å². The monoisotopic (exact) mass is 452 g/mol. The molecule has 0 aliphatic rings. The smallest absolute Gasteiger partial charge is 0.243 e. The van der Waals surface area contributed by atoms with E-state index in [2.05, 4.69) is 58.4 Å². The van der Waals surface area contributed by atoms with Crippen LogP contribution < -0.4 is 4.74 Å². The number of H-pyrrole nitrogens is 1. The molecule has 0 amide bonds. The van der Waals surface area contributed by atoms with Gasteiger partial charge in [0.25, 0.3) is 0 Å². The molecule has 6 nitrogen and oxygen atoms in total. The Morgan fingerprint density at radius 1 is 0.879 bits per heavy atom. The van der Waals surface area contributed by atoms with Gasteiger partial charge in [-0.3, -0.25) is 0 Å². The van der Waals surface area contributed by atoms with E-state index >= 15 is 0 Å². The molecular formula is C27H40N4O2. The number of aromatic hydroxyl groups is 1. The van der Waals surface area contributed by atoms with Gasteiger partial charge >= 0.3 is 0 Å². The lowest BCUT2D eigenvalue weighted by Crippen LogP contribution is -2.17. The van der Waals surface area contributed by atoms with Gasteiger partial charge < -0.3 is 14.8 Å². The maximum absolute atomic E-state index is 11.1. The van der Waals surface area contributed by atoms with Gasteiger partial charge in [0.15, 0.2) is 11.5 Å². The second-order valence-electron chi connectivity index (χ2n) is 11.0. The molecule has 3 rings (SSSR count). The highest BCUT2D eigenvalue weighted by Crippen LogP contribution is 2.41. The number of aromatic nitrogens is 4. The Hall–Kier alpha value is -2.63. The summed E-state index contributed by atoms with van der Waals surface area (Å²) in [5.74, 6) is 1.44. The predicted octanol–water partition coefficient (Wildman–Crippen LogP) is 7.06. The second kappa shape index (κ2) is 10.1. The van der Waals surface area contributed by atoms with Crippen LogP contribution in [0.2, 0.25) is 0 Å². The fraction of sp³-hybridized carbons (Fsp3) is 0.593. The number of fused-ring (bicyclic) bond motifs is 1. The third-order valence-electron chi connectivity index (χ3n) is 5.97. The van der Waals surface area contributed by atoms with Crippen LogP contribution in [-0.2, 0) is 10.8 Å².